The van der Waals surface area contributed by atoms with Crippen molar-refractivity contribution in [1.82, 2.24) is 4.90 Å². The van der Waals surface area contributed by atoms with Gasteiger partial charge in [-0.05, 0) is 30.0 Å². The highest BCUT2D eigenvalue weighted by atomic mass is 35.5. The second kappa shape index (κ2) is 8.37. The molecule has 1 aromatic carbocycles. The lowest BCUT2D eigenvalue weighted by atomic mass is 9.95. The van der Waals surface area contributed by atoms with Crippen molar-refractivity contribution in [3.05, 3.63) is 34.9 Å². The van der Waals surface area contributed by atoms with Crippen molar-refractivity contribution in [3.8, 4) is 0 Å². The zero-order chi connectivity index (χ0) is 16.0. The fourth-order valence-corrected chi connectivity index (χ4v) is 2.68. The lowest BCUT2D eigenvalue weighted by Crippen LogP contribution is -2.46. The first-order valence-corrected chi connectivity index (χ1v) is 7.76. The molecule has 0 spiro atoms. The number of hydrogen-bond acceptors (Lipinski definition) is 3. The van der Waals surface area contributed by atoms with Gasteiger partial charge in [0.05, 0.1) is 12.6 Å². The average molecular weight is 312 g/mol. The molecule has 0 aromatic heterocycles. The number of nitrogens with two attached hydrogens (primary N) is 2. The van der Waals surface area contributed by atoms with Gasteiger partial charge in [-0.2, -0.15) is 0 Å². The molecule has 2 unspecified atom stereocenters. The van der Waals surface area contributed by atoms with Gasteiger partial charge in [0.15, 0.2) is 0 Å². The number of hydrogen-bond donors (Lipinski definition) is 2. The maximum absolute atomic E-state index is 11.4. The standard InChI is InChI=1S/C16H26ClN3O/c1-4-14(18)16(12-5-7-13(17)8-6-12)20(9-11(2)3)10-15(19)21/h5-8,11,14,16H,4,9-10,18H2,1-3H3,(H2,19,21). The Labute approximate surface area is 132 Å². The zero-order valence-electron chi connectivity index (χ0n) is 13.1. The van der Waals surface area contributed by atoms with E-state index in [4.69, 9.17) is 23.1 Å². The van der Waals surface area contributed by atoms with Crippen LogP contribution in [0.3, 0.4) is 0 Å². The van der Waals surface area contributed by atoms with Crippen LogP contribution in [0.5, 0.6) is 0 Å². The number of amides is 1. The number of nitrogens with zero attached hydrogens (tertiary/aromatic N) is 1. The second-order valence-corrected chi connectivity index (χ2v) is 6.29. The summed E-state index contributed by atoms with van der Waals surface area (Å²) in [5, 5.41) is 0.688. The van der Waals surface area contributed by atoms with Crippen molar-refractivity contribution < 1.29 is 4.79 Å². The first-order chi connectivity index (χ1) is 9.85. The summed E-state index contributed by atoms with van der Waals surface area (Å²) < 4.78 is 0. The molecule has 0 aliphatic carbocycles. The van der Waals surface area contributed by atoms with Crippen molar-refractivity contribution >= 4 is 17.5 Å². The molecular formula is C16H26ClN3O. The third-order valence-electron chi connectivity index (χ3n) is 3.44. The molecule has 0 aliphatic rings. The maximum atomic E-state index is 11.4. The number of benzene rings is 1. The minimum atomic E-state index is -0.335. The summed E-state index contributed by atoms with van der Waals surface area (Å²) in [4.78, 5) is 13.5. The molecular weight excluding hydrogens is 286 g/mol. The molecule has 0 bridgehead atoms. The quantitative estimate of drug-likeness (QED) is 0.775. The van der Waals surface area contributed by atoms with Crippen LogP contribution in [0.15, 0.2) is 24.3 Å². The van der Waals surface area contributed by atoms with Gasteiger partial charge in [-0.1, -0.05) is 44.5 Å². The van der Waals surface area contributed by atoms with Crippen LogP contribution >= 0.6 is 11.6 Å². The highest BCUT2D eigenvalue weighted by molar-refractivity contribution is 6.30. The SMILES string of the molecule is CCC(N)C(c1ccc(Cl)cc1)N(CC(N)=O)CC(C)C. The fourth-order valence-electron chi connectivity index (χ4n) is 2.56. The van der Waals surface area contributed by atoms with Crippen molar-refractivity contribution in [2.75, 3.05) is 13.1 Å². The average Bonchev–Trinajstić information content (AvgIpc) is 2.39. The minimum Gasteiger partial charge on any atom is -0.369 e. The molecule has 118 valence electrons. The van der Waals surface area contributed by atoms with E-state index in [1.165, 1.54) is 0 Å². The van der Waals surface area contributed by atoms with Crippen molar-refractivity contribution in [3.63, 3.8) is 0 Å². The van der Waals surface area contributed by atoms with Gasteiger partial charge in [0.25, 0.3) is 0 Å². The van der Waals surface area contributed by atoms with Gasteiger partial charge >= 0.3 is 0 Å². The van der Waals surface area contributed by atoms with E-state index in [9.17, 15) is 4.79 Å². The Morgan fingerprint density at radius 3 is 2.29 bits per heavy atom. The third-order valence-corrected chi connectivity index (χ3v) is 3.69. The van der Waals surface area contributed by atoms with Gasteiger partial charge < -0.3 is 11.5 Å². The normalized spacial score (nSPS) is 14.4. The molecule has 0 heterocycles. The Hall–Kier alpha value is -1.10. The molecule has 4 nitrogen and oxygen atoms in total. The molecule has 1 rings (SSSR count). The van der Waals surface area contributed by atoms with Crippen LogP contribution in [-0.2, 0) is 4.79 Å². The van der Waals surface area contributed by atoms with E-state index in [2.05, 4.69) is 18.7 Å². The molecule has 1 amide bonds. The van der Waals surface area contributed by atoms with Gasteiger partial charge in [0.1, 0.15) is 0 Å². The zero-order valence-corrected chi connectivity index (χ0v) is 13.8. The van der Waals surface area contributed by atoms with Crippen LogP contribution in [0, 0.1) is 5.92 Å². The van der Waals surface area contributed by atoms with E-state index in [-0.39, 0.29) is 24.5 Å². The lowest BCUT2D eigenvalue weighted by Gasteiger charge is -2.36. The number of primary amides is 1. The fraction of sp³-hybridized carbons (Fsp3) is 0.562. The van der Waals surface area contributed by atoms with E-state index in [1.807, 2.05) is 31.2 Å². The van der Waals surface area contributed by atoms with E-state index in [0.717, 1.165) is 18.5 Å². The Balaban J connectivity index is 3.12. The predicted molar refractivity (Wildman–Crippen MR) is 88.1 cm³/mol. The van der Waals surface area contributed by atoms with Gasteiger partial charge in [0, 0.05) is 17.6 Å². The number of carbonyl (C=O) groups excluding carboxylic acids is 1. The van der Waals surface area contributed by atoms with E-state index >= 15 is 0 Å². The summed E-state index contributed by atoms with van der Waals surface area (Å²) in [7, 11) is 0. The second-order valence-electron chi connectivity index (χ2n) is 5.86. The first kappa shape index (κ1) is 18.0. The summed E-state index contributed by atoms with van der Waals surface area (Å²) in [5.74, 6) is 0.0844. The van der Waals surface area contributed by atoms with Crippen molar-refractivity contribution in [2.24, 2.45) is 17.4 Å². The molecule has 2 atom stereocenters. The number of carbonyl (C=O) groups is 1. The summed E-state index contributed by atoms with van der Waals surface area (Å²) >= 11 is 5.96. The summed E-state index contributed by atoms with van der Waals surface area (Å²) in [6, 6.07) is 7.54. The third kappa shape index (κ3) is 5.65. The van der Waals surface area contributed by atoms with Crippen LogP contribution in [-0.4, -0.2) is 29.9 Å². The topological polar surface area (TPSA) is 72.3 Å². The Morgan fingerprint density at radius 2 is 1.86 bits per heavy atom. The summed E-state index contributed by atoms with van der Waals surface area (Å²) in [5.41, 5.74) is 12.8. The Kier molecular flexibility index (Phi) is 7.15. The van der Waals surface area contributed by atoms with Crippen LogP contribution in [0.4, 0.5) is 0 Å². The van der Waals surface area contributed by atoms with Crippen LogP contribution in [0.1, 0.15) is 38.8 Å². The molecule has 0 saturated heterocycles. The van der Waals surface area contributed by atoms with Crippen LogP contribution in [0.25, 0.3) is 0 Å². The highest BCUT2D eigenvalue weighted by Gasteiger charge is 2.27. The molecule has 4 N–H and O–H groups in total. The van der Waals surface area contributed by atoms with Gasteiger partial charge in [0.2, 0.25) is 5.91 Å². The van der Waals surface area contributed by atoms with E-state index in [0.29, 0.717) is 10.9 Å². The van der Waals surface area contributed by atoms with E-state index in [1.54, 1.807) is 0 Å². The Bertz CT molecular complexity index is 447. The molecule has 0 aliphatic heterocycles. The molecule has 0 saturated carbocycles. The van der Waals surface area contributed by atoms with Gasteiger partial charge in [-0.25, -0.2) is 0 Å². The molecule has 5 heteroatoms. The first-order valence-electron chi connectivity index (χ1n) is 7.38. The monoisotopic (exact) mass is 311 g/mol. The summed E-state index contributed by atoms with van der Waals surface area (Å²) in [6.45, 7) is 7.25. The molecule has 1 aromatic rings. The Morgan fingerprint density at radius 1 is 1.29 bits per heavy atom. The minimum absolute atomic E-state index is 0.0397. The van der Waals surface area contributed by atoms with E-state index < -0.39 is 0 Å². The van der Waals surface area contributed by atoms with Crippen LogP contribution < -0.4 is 11.5 Å². The van der Waals surface area contributed by atoms with Crippen LogP contribution in [0.2, 0.25) is 5.02 Å². The van der Waals surface area contributed by atoms with Crippen molar-refractivity contribution in [2.45, 2.75) is 39.3 Å². The lowest BCUT2D eigenvalue weighted by molar-refractivity contribution is -0.120. The largest absolute Gasteiger partial charge is 0.369 e. The highest BCUT2D eigenvalue weighted by Crippen LogP contribution is 2.27. The van der Waals surface area contributed by atoms with Crippen molar-refractivity contribution in [1.29, 1.82) is 0 Å². The number of rotatable bonds is 8. The maximum Gasteiger partial charge on any atom is 0.231 e. The molecule has 0 radical (unpaired) electrons. The summed E-state index contributed by atoms with van der Waals surface area (Å²) in [6.07, 6.45) is 0.820. The van der Waals surface area contributed by atoms with Gasteiger partial charge in [-0.15, -0.1) is 0 Å². The predicted octanol–water partition coefficient (Wildman–Crippen LogP) is 2.56. The number of halogens is 1. The smallest absolute Gasteiger partial charge is 0.231 e. The van der Waals surface area contributed by atoms with Gasteiger partial charge in [-0.3, -0.25) is 9.69 Å². The molecule has 0 fully saturated rings. The molecule has 21 heavy (non-hydrogen) atoms.